The van der Waals surface area contributed by atoms with Gasteiger partial charge in [-0.15, -0.1) is 0 Å². The fourth-order valence-corrected chi connectivity index (χ4v) is 5.87. The van der Waals surface area contributed by atoms with Crippen LogP contribution >= 0.6 is 11.6 Å². The van der Waals surface area contributed by atoms with Crippen LogP contribution in [0.1, 0.15) is 5.56 Å². The third-order valence-corrected chi connectivity index (χ3v) is 8.12. The van der Waals surface area contributed by atoms with Gasteiger partial charge in [-0.05, 0) is 67.1 Å². The summed E-state index contributed by atoms with van der Waals surface area (Å²) in [6.07, 6.45) is 0. The number of aryl methyl sites for hydroxylation is 1. The number of sulfonamides is 1. The summed E-state index contributed by atoms with van der Waals surface area (Å²) in [5.74, 6) is 0.549. The first-order valence-corrected chi connectivity index (χ1v) is 13.1. The van der Waals surface area contributed by atoms with Crippen molar-refractivity contribution in [2.24, 2.45) is 0 Å². The zero-order valence-electron chi connectivity index (χ0n) is 19.7. The van der Waals surface area contributed by atoms with Crippen molar-refractivity contribution in [2.75, 3.05) is 49.0 Å². The minimum Gasteiger partial charge on any atom is -0.497 e. The highest BCUT2D eigenvalue weighted by atomic mass is 35.5. The van der Waals surface area contributed by atoms with E-state index in [2.05, 4.69) is 4.90 Å². The van der Waals surface area contributed by atoms with E-state index in [4.69, 9.17) is 16.3 Å². The second-order valence-electron chi connectivity index (χ2n) is 8.32. The molecule has 1 saturated heterocycles. The molecule has 0 unspecified atom stereocenters. The molecule has 0 spiro atoms. The van der Waals surface area contributed by atoms with Crippen LogP contribution in [0.25, 0.3) is 0 Å². The van der Waals surface area contributed by atoms with E-state index in [1.807, 2.05) is 24.3 Å². The van der Waals surface area contributed by atoms with E-state index in [-0.39, 0.29) is 17.3 Å². The minimum absolute atomic E-state index is 0.131. The van der Waals surface area contributed by atoms with E-state index in [1.54, 1.807) is 55.3 Å². The average molecular weight is 514 g/mol. The predicted molar refractivity (Wildman–Crippen MR) is 139 cm³/mol. The summed E-state index contributed by atoms with van der Waals surface area (Å²) in [5.41, 5.74) is 2.17. The number of carbonyl (C=O) groups is 1. The molecule has 7 nitrogen and oxygen atoms in total. The van der Waals surface area contributed by atoms with Gasteiger partial charge in [0.1, 0.15) is 12.3 Å². The molecule has 35 heavy (non-hydrogen) atoms. The van der Waals surface area contributed by atoms with E-state index in [9.17, 15) is 13.2 Å². The highest BCUT2D eigenvalue weighted by molar-refractivity contribution is 7.92. The summed E-state index contributed by atoms with van der Waals surface area (Å²) in [7, 11) is -2.33. The van der Waals surface area contributed by atoms with Crippen molar-refractivity contribution >= 4 is 38.9 Å². The zero-order valence-corrected chi connectivity index (χ0v) is 21.3. The Kier molecular flexibility index (Phi) is 7.52. The molecule has 184 valence electrons. The lowest BCUT2D eigenvalue weighted by atomic mass is 10.2. The third-order valence-electron chi connectivity index (χ3n) is 6.11. The van der Waals surface area contributed by atoms with Crippen LogP contribution in [0.15, 0.2) is 77.7 Å². The van der Waals surface area contributed by atoms with Gasteiger partial charge in [-0.1, -0.05) is 29.8 Å². The van der Waals surface area contributed by atoms with Gasteiger partial charge < -0.3 is 14.5 Å². The summed E-state index contributed by atoms with van der Waals surface area (Å²) in [6.45, 7) is 3.81. The van der Waals surface area contributed by atoms with Crippen LogP contribution < -0.4 is 13.9 Å². The Morgan fingerprint density at radius 1 is 0.971 bits per heavy atom. The molecule has 0 atom stereocenters. The van der Waals surface area contributed by atoms with Crippen LogP contribution in [0.5, 0.6) is 5.75 Å². The largest absolute Gasteiger partial charge is 0.497 e. The Morgan fingerprint density at radius 2 is 1.63 bits per heavy atom. The maximum Gasteiger partial charge on any atom is 0.264 e. The second kappa shape index (κ2) is 10.6. The first kappa shape index (κ1) is 24.9. The molecule has 3 aromatic rings. The molecular formula is C26H28ClN3O4S. The lowest BCUT2D eigenvalue weighted by Gasteiger charge is -2.37. The number of anilines is 2. The number of hydrogen-bond acceptors (Lipinski definition) is 5. The van der Waals surface area contributed by atoms with Crippen LogP contribution in [-0.2, 0) is 14.8 Å². The third kappa shape index (κ3) is 5.55. The van der Waals surface area contributed by atoms with Crippen LogP contribution in [-0.4, -0.2) is 59.1 Å². The highest BCUT2D eigenvalue weighted by Crippen LogP contribution is 2.29. The van der Waals surface area contributed by atoms with Crippen molar-refractivity contribution in [3.8, 4) is 5.75 Å². The van der Waals surface area contributed by atoms with Gasteiger partial charge in [-0.25, -0.2) is 8.42 Å². The van der Waals surface area contributed by atoms with E-state index < -0.39 is 10.0 Å². The molecule has 9 heteroatoms. The Balaban J connectivity index is 1.53. The van der Waals surface area contributed by atoms with Gasteiger partial charge in [0.05, 0.1) is 17.7 Å². The van der Waals surface area contributed by atoms with Gasteiger partial charge in [-0.3, -0.25) is 9.10 Å². The van der Waals surface area contributed by atoms with E-state index in [1.165, 1.54) is 16.4 Å². The molecule has 0 N–H and O–H groups in total. The molecule has 1 heterocycles. The number of ether oxygens (including phenoxy) is 1. The number of benzene rings is 3. The maximum absolute atomic E-state index is 13.6. The second-order valence-corrected chi connectivity index (χ2v) is 10.6. The predicted octanol–water partition coefficient (Wildman–Crippen LogP) is 4.20. The molecule has 0 saturated carbocycles. The van der Waals surface area contributed by atoms with Gasteiger partial charge in [0.15, 0.2) is 0 Å². The Hall–Kier alpha value is -3.23. The molecule has 4 rings (SSSR count). The summed E-state index contributed by atoms with van der Waals surface area (Å²) in [4.78, 5) is 17.4. The number of carbonyl (C=O) groups excluding carboxylic acids is 1. The summed E-state index contributed by atoms with van der Waals surface area (Å²) < 4.78 is 33.6. The number of piperazine rings is 1. The summed E-state index contributed by atoms with van der Waals surface area (Å²) in [5, 5.41) is 0.504. The number of rotatable bonds is 7. The van der Waals surface area contributed by atoms with Crippen LogP contribution in [0, 0.1) is 6.92 Å². The van der Waals surface area contributed by atoms with Gasteiger partial charge in [0.25, 0.3) is 10.0 Å². The van der Waals surface area contributed by atoms with Crippen molar-refractivity contribution < 1.29 is 17.9 Å². The molecule has 1 aliphatic rings. The first-order chi connectivity index (χ1) is 16.8. The van der Waals surface area contributed by atoms with Gasteiger partial charge >= 0.3 is 0 Å². The van der Waals surface area contributed by atoms with E-state index in [0.29, 0.717) is 42.5 Å². The van der Waals surface area contributed by atoms with Gasteiger partial charge in [-0.2, -0.15) is 0 Å². The highest BCUT2D eigenvalue weighted by Gasteiger charge is 2.31. The lowest BCUT2D eigenvalue weighted by molar-refractivity contribution is -0.129. The molecule has 3 aromatic carbocycles. The molecule has 0 radical (unpaired) electrons. The van der Waals surface area contributed by atoms with Crippen molar-refractivity contribution in [1.29, 1.82) is 0 Å². The topological polar surface area (TPSA) is 70.2 Å². The van der Waals surface area contributed by atoms with Crippen LogP contribution in [0.4, 0.5) is 11.4 Å². The van der Waals surface area contributed by atoms with Gasteiger partial charge in [0.2, 0.25) is 5.91 Å². The quantitative estimate of drug-likeness (QED) is 0.473. The number of halogens is 1. The number of nitrogens with zero attached hydrogens (tertiary/aromatic N) is 3. The number of hydrogen-bond donors (Lipinski definition) is 0. The lowest BCUT2D eigenvalue weighted by Crippen LogP contribution is -2.52. The smallest absolute Gasteiger partial charge is 0.264 e. The Labute approximate surface area is 211 Å². The monoisotopic (exact) mass is 513 g/mol. The van der Waals surface area contributed by atoms with Crippen LogP contribution in [0.2, 0.25) is 5.02 Å². The van der Waals surface area contributed by atoms with Crippen molar-refractivity contribution in [3.63, 3.8) is 0 Å². The average Bonchev–Trinajstić information content (AvgIpc) is 2.88. The van der Waals surface area contributed by atoms with Crippen molar-refractivity contribution in [3.05, 3.63) is 83.4 Å². The Morgan fingerprint density at radius 3 is 2.23 bits per heavy atom. The first-order valence-electron chi connectivity index (χ1n) is 11.3. The normalized spacial score (nSPS) is 14.0. The van der Waals surface area contributed by atoms with Gasteiger partial charge in [0, 0.05) is 36.9 Å². The SMILES string of the molecule is COc1ccc(N2CCN(C(=O)CN(c3ccc(Cl)cc3C)S(=O)(=O)c3ccccc3)CC2)cc1. The molecule has 1 amide bonds. The molecule has 0 aromatic heterocycles. The van der Waals surface area contributed by atoms with Crippen LogP contribution in [0.3, 0.4) is 0 Å². The van der Waals surface area contributed by atoms with Crippen molar-refractivity contribution in [2.45, 2.75) is 11.8 Å². The zero-order chi connectivity index (χ0) is 25.0. The Bertz CT molecular complexity index is 1280. The molecule has 0 aliphatic carbocycles. The van der Waals surface area contributed by atoms with E-state index in [0.717, 1.165) is 11.4 Å². The van der Waals surface area contributed by atoms with Crippen molar-refractivity contribution in [1.82, 2.24) is 4.90 Å². The summed E-state index contributed by atoms with van der Waals surface area (Å²) >= 11 is 6.11. The molecule has 0 bridgehead atoms. The molecule has 1 aliphatic heterocycles. The fourth-order valence-electron chi connectivity index (χ4n) is 4.15. The minimum atomic E-state index is -3.96. The molecule has 1 fully saturated rings. The number of methoxy groups -OCH3 is 1. The number of amides is 1. The molecular weight excluding hydrogens is 486 g/mol. The summed E-state index contributed by atoms with van der Waals surface area (Å²) in [6, 6.07) is 20.9. The standard InChI is InChI=1S/C26H28ClN3O4S/c1-20-18-21(27)8-13-25(20)30(35(32,33)24-6-4-3-5-7-24)19-26(31)29-16-14-28(15-17-29)22-9-11-23(34-2)12-10-22/h3-13,18H,14-17,19H2,1-2H3. The maximum atomic E-state index is 13.6. The van der Waals surface area contributed by atoms with E-state index >= 15 is 0 Å². The fraction of sp³-hybridized carbons (Fsp3) is 0.269.